The van der Waals surface area contributed by atoms with Crippen molar-refractivity contribution in [1.82, 2.24) is 19.7 Å². The van der Waals surface area contributed by atoms with Gasteiger partial charge in [0.25, 0.3) is 5.56 Å². The Labute approximate surface area is 206 Å². The van der Waals surface area contributed by atoms with Crippen LogP contribution in [0.3, 0.4) is 0 Å². The van der Waals surface area contributed by atoms with Crippen molar-refractivity contribution in [2.24, 2.45) is 0 Å². The summed E-state index contributed by atoms with van der Waals surface area (Å²) in [6.07, 6.45) is 6.59. The molecule has 1 saturated carbocycles. The first-order valence-corrected chi connectivity index (χ1v) is 13.0. The summed E-state index contributed by atoms with van der Waals surface area (Å²) in [4.78, 5) is 23.2. The van der Waals surface area contributed by atoms with E-state index >= 15 is 0 Å². The first-order chi connectivity index (χ1) is 17.2. The van der Waals surface area contributed by atoms with E-state index in [9.17, 15) is 4.79 Å². The van der Waals surface area contributed by atoms with Crippen LogP contribution in [0.25, 0.3) is 22.3 Å². The largest absolute Gasteiger partial charge is 0.454 e. The molecule has 1 fully saturated rings. The molecule has 2 aromatic carbocycles. The molecular formula is C26H26N4O4S. The summed E-state index contributed by atoms with van der Waals surface area (Å²) in [5, 5.41) is 5.37. The molecule has 0 unspecified atom stereocenters. The minimum absolute atomic E-state index is 0.0337. The highest BCUT2D eigenvalue weighted by Crippen LogP contribution is 2.37. The van der Waals surface area contributed by atoms with Crippen LogP contribution in [0.2, 0.25) is 0 Å². The lowest BCUT2D eigenvalue weighted by molar-refractivity contribution is 0.174. The number of benzene rings is 2. The van der Waals surface area contributed by atoms with Crippen molar-refractivity contribution in [1.29, 1.82) is 0 Å². The molecule has 4 aromatic rings. The zero-order valence-corrected chi connectivity index (χ0v) is 20.3. The molecule has 8 nitrogen and oxygen atoms in total. The van der Waals surface area contributed by atoms with Crippen LogP contribution in [0.15, 0.2) is 50.9 Å². The molecular weight excluding hydrogens is 464 g/mol. The first-order valence-electron chi connectivity index (χ1n) is 12.0. The monoisotopic (exact) mass is 490 g/mol. The normalized spacial score (nSPS) is 16.0. The van der Waals surface area contributed by atoms with Crippen molar-refractivity contribution < 1.29 is 14.0 Å². The lowest BCUT2D eigenvalue weighted by atomic mass is 10.1. The SMILES string of the molecule is Cc1ccc(-c2noc(CSc3nc4cc5c(cc4c(=O)n3C3CCCCCC3)OCO5)n2)cc1. The van der Waals surface area contributed by atoms with Crippen molar-refractivity contribution in [2.45, 2.75) is 62.4 Å². The van der Waals surface area contributed by atoms with Crippen LogP contribution in [-0.2, 0) is 5.75 Å². The van der Waals surface area contributed by atoms with E-state index in [1.807, 2.05) is 35.8 Å². The van der Waals surface area contributed by atoms with Crippen LogP contribution in [0.1, 0.15) is 56.0 Å². The van der Waals surface area contributed by atoms with Gasteiger partial charge in [-0.15, -0.1) is 0 Å². The molecule has 1 aliphatic heterocycles. The number of thioether (sulfide) groups is 1. The van der Waals surface area contributed by atoms with Crippen LogP contribution in [-0.4, -0.2) is 26.5 Å². The second-order valence-corrected chi connectivity index (χ2v) is 10.0. The minimum Gasteiger partial charge on any atom is -0.454 e. The Hall–Kier alpha value is -3.33. The van der Waals surface area contributed by atoms with Crippen LogP contribution >= 0.6 is 11.8 Å². The third kappa shape index (κ3) is 4.40. The minimum atomic E-state index is -0.0337. The van der Waals surface area contributed by atoms with Crippen molar-refractivity contribution in [2.75, 3.05) is 6.79 Å². The van der Waals surface area contributed by atoms with Crippen molar-refractivity contribution in [3.05, 3.63) is 58.2 Å². The highest BCUT2D eigenvalue weighted by atomic mass is 32.2. The summed E-state index contributed by atoms with van der Waals surface area (Å²) < 4.78 is 18.4. The van der Waals surface area contributed by atoms with Crippen molar-refractivity contribution in [3.63, 3.8) is 0 Å². The zero-order valence-electron chi connectivity index (χ0n) is 19.5. The second-order valence-electron chi connectivity index (χ2n) is 9.10. The molecule has 35 heavy (non-hydrogen) atoms. The molecule has 2 aliphatic rings. The third-order valence-electron chi connectivity index (χ3n) is 6.65. The predicted molar refractivity (Wildman–Crippen MR) is 133 cm³/mol. The molecule has 1 aliphatic carbocycles. The number of fused-ring (bicyclic) bond motifs is 2. The Balaban J connectivity index is 1.35. The van der Waals surface area contributed by atoms with Gasteiger partial charge in [-0.2, -0.15) is 4.98 Å². The Morgan fingerprint density at radius 1 is 1.00 bits per heavy atom. The summed E-state index contributed by atoms with van der Waals surface area (Å²) in [7, 11) is 0. The Morgan fingerprint density at radius 2 is 1.74 bits per heavy atom. The van der Waals surface area contributed by atoms with Gasteiger partial charge in [-0.3, -0.25) is 9.36 Å². The van der Waals surface area contributed by atoms with E-state index in [0.29, 0.717) is 45.0 Å². The Kier molecular flexibility index (Phi) is 5.93. The van der Waals surface area contributed by atoms with Gasteiger partial charge in [-0.1, -0.05) is 72.4 Å². The Morgan fingerprint density at radius 3 is 2.51 bits per heavy atom. The van der Waals surface area contributed by atoms with Gasteiger partial charge in [0.15, 0.2) is 16.7 Å². The molecule has 6 rings (SSSR count). The maximum atomic E-state index is 13.8. The molecule has 0 bridgehead atoms. The Bertz CT molecular complexity index is 1420. The van der Waals surface area contributed by atoms with Gasteiger partial charge < -0.3 is 14.0 Å². The molecule has 180 valence electrons. The van der Waals surface area contributed by atoms with E-state index in [2.05, 4.69) is 10.1 Å². The molecule has 0 saturated heterocycles. The number of hydrogen-bond acceptors (Lipinski definition) is 8. The van der Waals surface area contributed by atoms with E-state index in [-0.39, 0.29) is 18.4 Å². The maximum absolute atomic E-state index is 13.8. The molecule has 0 atom stereocenters. The standard InChI is InChI=1S/C26H26N4O4S/c1-16-8-10-17(11-9-16)24-28-23(34-29-24)14-35-26-27-20-13-22-21(32-15-33-22)12-19(20)25(31)30(26)18-6-4-2-3-5-7-18/h8-13,18H,2-7,14-15H2,1H3. The van der Waals surface area contributed by atoms with Gasteiger partial charge >= 0.3 is 0 Å². The topological polar surface area (TPSA) is 92.3 Å². The van der Waals surface area contributed by atoms with Crippen LogP contribution < -0.4 is 15.0 Å². The summed E-state index contributed by atoms with van der Waals surface area (Å²) in [5.41, 5.74) is 2.66. The number of aryl methyl sites for hydroxylation is 1. The molecule has 3 heterocycles. The molecule has 2 aromatic heterocycles. The molecule has 0 radical (unpaired) electrons. The van der Waals surface area contributed by atoms with E-state index in [4.69, 9.17) is 19.0 Å². The molecule has 9 heteroatoms. The fourth-order valence-electron chi connectivity index (χ4n) is 4.77. The predicted octanol–water partition coefficient (Wildman–Crippen LogP) is 5.67. The van der Waals surface area contributed by atoms with E-state index in [1.165, 1.54) is 30.2 Å². The highest BCUT2D eigenvalue weighted by molar-refractivity contribution is 7.98. The van der Waals surface area contributed by atoms with Crippen LogP contribution in [0, 0.1) is 6.92 Å². The van der Waals surface area contributed by atoms with Gasteiger partial charge in [-0.05, 0) is 25.8 Å². The molecule has 0 N–H and O–H groups in total. The van der Waals surface area contributed by atoms with Crippen LogP contribution in [0.5, 0.6) is 11.5 Å². The van der Waals surface area contributed by atoms with E-state index in [1.54, 1.807) is 12.1 Å². The van der Waals surface area contributed by atoms with Gasteiger partial charge in [0.2, 0.25) is 18.5 Å². The number of hydrogen-bond donors (Lipinski definition) is 0. The van der Waals surface area contributed by atoms with E-state index < -0.39 is 0 Å². The summed E-state index contributed by atoms with van der Waals surface area (Å²) >= 11 is 1.46. The highest BCUT2D eigenvalue weighted by Gasteiger charge is 2.24. The van der Waals surface area contributed by atoms with E-state index in [0.717, 1.165) is 31.2 Å². The van der Waals surface area contributed by atoms with Gasteiger partial charge in [0, 0.05) is 17.7 Å². The third-order valence-corrected chi connectivity index (χ3v) is 7.59. The average Bonchev–Trinajstić information content (AvgIpc) is 3.45. The summed E-state index contributed by atoms with van der Waals surface area (Å²) in [5.74, 6) is 2.69. The lowest BCUT2D eigenvalue weighted by Gasteiger charge is -2.21. The molecule has 0 amide bonds. The lowest BCUT2D eigenvalue weighted by Crippen LogP contribution is -2.27. The second kappa shape index (κ2) is 9.37. The number of aromatic nitrogens is 4. The zero-order chi connectivity index (χ0) is 23.8. The fraction of sp³-hybridized carbons (Fsp3) is 0.385. The quantitative estimate of drug-likeness (QED) is 0.201. The van der Waals surface area contributed by atoms with Crippen molar-refractivity contribution in [3.8, 4) is 22.9 Å². The number of rotatable bonds is 5. The molecule has 0 spiro atoms. The van der Waals surface area contributed by atoms with Crippen molar-refractivity contribution >= 4 is 22.7 Å². The fourth-order valence-corrected chi connectivity index (χ4v) is 5.67. The first kappa shape index (κ1) is 22.2. The number of nitrogens with zero attached hydrogens (tertiary/aromatic N) is 4. The van der Waals surface area contributed by atoms with Gasteiger partial charge in [-0.25, -0.2) is 4.98 Å². The van der Waals surface area contributed by atoms with Gasteiger partial charge in [0.05, 0.1) is 16.7 Å². The van der Waals surface area contributed by atoms with Gasteiger partial charge in [0.1, 0.15) is 0 Å². The summed E-state index contributed by atoms with van der Waals surface area (Å²) in [6, 6.07) is 11.7. The maximum Gasteiger partial charge on any atom is 0.262 e. The van der Waals surface area contributed by atoms with Crippen LogP contribution in [0.4, 0.5) is 0 Å². The smallest absolute Gasteiger partial charge is 0.262 e. The summed E-state index contributed by atoms with van der Waals surface area (Å²) in [6.45, 7) is 2.20. The average molecular weight is 491 g/mol. The number of ether oxygens (including phenoxy) is 2.